The van der Waals surface area contributed by atoms with E-state index in [2.05, 4.69) is 10.6 Å². The van der Waals surface area contributed by atoms with Crippen LogP contribution in [0.15, 0.2) is 72.1 Å². The molecule has 0 saturated heterocycles. The number of rotatable bonds is 5. The molecule has 1 aromatic heterocycles. The minimum atomic E-state index is -4.48. The average molecular weight is 404 g/mol. The van der Waals surface area contributed by atoms with Gasteiger partial charge in [-0.1, -0.05) is 24.3 Å². The summed E-state index contributed by atoms with van der Waals surface area (Å²) in [4.78, 5) is 25.8. The van der Waals surface area contributed by atoms with Crippen molar-refractivity contribution in [3.63, 3.8) is 0 Å². The number of thiophene rings is 1. The number of benzene rings is 2. The van der Waals surface area contributed by atoms with Crippen molar-refractivity contribution in [2.45, 2.75) is 12.2 Å². The molecule has 0 radical (unpaired) electrons. The third-order valence-corrected chi connectivity index (χ3v) is 4.82. The van der Waals surface area contributed by atoms with Gasteiger partial charge in [0.05, 0.1) is 5.56 Å². The minimum Gasteiger partial charge on any atom is -0.336 e. The van der Waals surface area contributed by atoms with Crippen LogP contribution >= 0.6 is 11.3 Å². The molecular formula is C20H15F3N2O2S. The van der Waals surface area contributed by atoms with Crippen molar-refractivity contribution in [3.05, 3.63) is 88.1 Å². The molecule has 0 bridgehead atoms. The zero-order valence-electron chi connectivity index (χ0n) is 14.4. The number of alkyl halides is 3. The van der Waals surface area contributed by atoms with Crippen LogP contribution in [-0.4, -0.2) is 11.8 Å². The number of hydrogen-bond donors (Lipinski definition) is 2. The molecule has 28 heavy (non-hydrogen) atoms. The Kier molecular flexibility index (Phi) is 5.79. The van der Waals surface area contributed by atoms with Gasteiger partial charge >= 0.3 is 6.18 Å². The molecule has 0 aliphatic heterocycles. The van der Waals surface area contributed by atoms with E-state index in [1.54, 1.807) is 47.8 Å². The lowest BCUT2D eigenvalue weighted by Gasteiger charge is -2.17. The summed E-state index contributed by atoms with van der Waals surface area (Å²) in [6, 6.07) is 15.0. The maximum atomic E-state index is 12.7. The highest BCUT2D eigenvalue weighted by Gasteiger charge is 2.30. The zero-order chi connectivity index (χ0) is 20.1. The fourth-order valence-corrected chi connectivity index (χ4v) is 3.26. The Morgan fingerprint density at radius 2 is 1.57 bits per heavy atom. The van der Waals surface area contributed by atoms with Crippen molar-refractivity contribution < 1.29 is 22.8 Å². The van der Waals surface area contributed by atoms with Gasteiger partial charge in [0.15, 0.2) is 0 Å². The van der Waals surface area contributed by atoms with Crippen molar-refractivity contribution in [1.82, 2.24) is 5.32 Å². The van der Waals surface area contributed by atoms with Gasteiger partial charge in [0.1, 0.15) is 6.04 Å². The first kappa shape index (κ1) is 19.6. The summed E-state index contributed by atoms with van der Waals surface area (Å²) in [6.07, 6.45) is -4.48. The minimum absolute atomic E-state index is 0.0297. The van der Waals surface area contributed by atoms with Crippen LogP contribution < -0.4 is 10.6 Å². The Labute approximate surface area is 163 Å². The monoisotopic (exact) mass is 404 g/mol. The van der Waals surface area contributed by atoms with Crippen molar-refractivity contribution >= 4 is 28.8 Å². The summed E-state index contributed by atoms with van der Waals surface area (Å²) in [5.74, 6) is -1.09. The van der Waals surface area contributed by atoms with E-state index in [1.165, 1.54) is 11.3 Å². The molecule has 2 aromatic carbocycles. The quantitative estimate of drug-likeness (QED) is 0.637. The first-order chi connectivity index (χ1) is 13.3. The van der Waals surface area contributed by atoms with Gasteiger partial charge in [-0.15, -0.1) is 11.3 Å². The lowest BCUT2D eigenvalue weighted by Crippen LogP contribution is -2.36. The van der Waals surface area contributed by atoms with Crippen LogP contribution in [-0.2, 0) is 11.0 Å². The molecule has 8 heteroatoms. The molecule has 1 atom stereocenters. The number of amides is 2. The lowest BCUT2D eigenvalue weighted by molar-refractivity contribution is -0.137. The van der Waals surface area contributed by atoms with Gasteiger partial charge < -0.3 is 10.6 Å². The van der Waals surface area contributed by atoms with Gasteiger partial charge in [0, 0.05) is 16.1 Å². The lowest BCUT2D eigenvalue weighted by atomic mass is 10.1. The van der Waals surface area contributed by atoms with Crippen LogP contribution in [0.1, 0.15) is 26.8 Å². The maximum absolute atomic E-state index is 12.7. The molecular weight excluding hydrogens is 389 g/mol. The van der Waals surface area contributed by atoms with E-state index in [9.17, 15) is 22.8 Å². The fraction of sp³-hybridized carbons (Fsp3) is 0.100. The van der Waals surface area contributed by atoms with Crippen LogP contribution in [0.25, 0.3) is 0 Å². The summed E-state index contributed by atoms with van der Waals surface area (Å²) < 4.78 is 38.0. The number of halogens is 3. The zero-order valence-corrected chi connectivity index (χ0v) is 15.2. The van der Waals surface area contributed by atoms with Crippen molar-refractivity contribution in [2.24, 2.45) is 0 Å². The third-order valence-electron chi connectivity index (χ3n) is 3.88. The number of hydrogen-bond acceptors (Lipinski definition) is 3. The van der Waals surface area contributed by atoms with Crippen molar-refractivity contribution in [3.8, 4) is 0 Å². The molecule has 0 saturated carbocycles. The number of nitrogens with one attached hydrogen (secondary N) is 2. The normalized spacial score (nSPS) is 12.2. The second kappa shape index (κ2) is 8.26. The van der Waals surface area contributed by atoms with Crippen LogP contribution in [0, 0.1) is 0 Å². The molecule has 3 rings (SSSR count). The summed E-state index contributed by atoms with van der Waals surface area (Å²) in [5, 5.41) is 7.08. The van der Waals surface area contributed by atoms with Crippen LogP contribution in [0.4, 0.5) is 18.9 Å². The van der Waals surface area contributed by atoms with E-state index >= 15 is 0 Å². The maximum Gasteiger partial charge on any atom is 0.416 e. The van der Waals surface area contributed by atoms with Crippen molar-refractivity contribution in [1.29, 1.82) is 0 Å². The molecule has 3 aromatic rings. The van der Waals surface area contributed by atoms with Crippen LogP contribution in [0.3, 0.4) is 0 Å². The van der Waals surface area contributed by atoms with Gasteiger partial charge in [-0.25, -0.2) is 0 Å². The number of anilines is 1. The Balaban J connectivity index is 1.78. The first-order valence-corrected chi connectivity index (χ1v) is 9.10. The molecule has 2 N–H and O–H groups in total. The Morgan fingerprint density at radius 3 is 2.14 bits per heavy atom. The second-order valence-corrected chi connectivity index (χ2v) is 6.83. The largest absolute Gasteiger partial charge is 0.416 e. The Morgan fingerprint density at radius 1 is 0.893 bits per heavy atom. The van der Waals surface area contributed by atoms with Gasteiger partial charge in [-0.2, -0.15) is 13.2 Å². The van der Waals surface area contributed by atoms with E-state index in [4.69, 9.17) is 0 Å². The Hall–Kier alpha value is -3.13. The second-order valence-electron chi connectivity index (χ2n) is 5.85. The topological polar surface area (TPSA) is 58.2 Å². The van der Waals surface area contributed by atoms with E-state index in [-0.39, 0.29) is 5.56 Å². The highest BCUT2D eigenvalue weighted by molar-refractivity contribution is 7.10. The van der Waals surface area contributed by atoms with E-state index in [0.29, 0.717) is 10.6 Å². The molecule has 0 aliphatic carbocycles. The summed E-state index contributed by atoms with van der Waals surface area (Å²) in [7, 11) is 0. The molecule has 1 unspecified atom stereocenters. The van der Waals surface area contributed by atoms with Gasteiger partial charge in [0.2, 0.25) is 0 Å². The number of carbonyl (C=O) groups excluding carboxylic acids is 2. The SMILES string of the molecule is O=C(NC(C(=O)Nc1ccccc1)c1cccs1)c1ccc(C(F)(F)F)cc1. The van der Waals surface area contributed by atoms with Crippen LogP contribution in [0.2, 0.25) is 0 Å². The van der Waals surface area contributed by atoms with Gasteiger partial charge in [0.25, 0.3) is 11.8 Å². The predicted octanol–water partition coefficient (Wildman–Crippen LogP) is 4.88. The smallest absolute Gasteiger partial charge is 0.336 e. The average Bonchev–Trinajstić information content (AvgIpc) is 3.20. The Bertz CT molecular complexity index is 940. The summed E-state index contributed by atoms with van der Waals surface area (Å²) in [5.41, 5.74) is -0.249. The summed E-state index contributed by atoms with van der Waals surface area (Å²) >= 11 is 1.29. The van der Waals surface area contributed by atoms with Gasteiger partial charge in [-0.05, 0) is 47.8 Å². The van der Waals surface area contributed by atoms with Crippen molar-refractivity contribution in [2.75, 3.05) is 5.32 Å². The van der Waals surface area contributed by atoms with Gasteiger partial charge in [-0.3, -0.25) is 9.59 Å². The molecule has 0 aliphatic rings. The highest BCUT2D eigenvalue weighted by atomic mass is 32.1. The van der Waals surface area contributed by atoms with E-state index in [1.807, 2.05) is 0 Å². The van der Waals surface area contributed by atoms with E-state index in [0.717, 1.165) is 24.3 Å². The number of para-hydroxylation sites is 1. The molecule has 0 spiro atoms. The predicted molar refractivity (Wildman–Crippen MR) is 101 cm³/mol. The number of carbonyl (C=O) groups is 2. The molecule has 4 nitrogen and oxygen atoms in total. The summed E-state index contributed by atoms with van der Waals surface area (Å²) in [6.45, 7) is 0. The van der Waals surface area contributed by atoms with E-state index < -0.39 is 29.6 Å². The molecule has 2 amide bonds. The van der Waals surface area contributed by atoms with Crippen LogP contribution in [0.5, 0.6) is 0 Å². The molecule has 1 heterocycles. The fourth-order valence-electron chi connectivity index (χ4n) is 2.48. The first-order valence-electron chi connectivity index (χ1n) is 8.22. The standard InChI is InChI=1S/C20H15F3N2O2S/c21-20(22,23)14-10-8-13(9-11-14)18(26)25-17(16-7-4-12-28-16)19(27)24-15-5-2-1-3-6-15/h1-12,17H,(H,24,27)(H,25,26). The highest BCUT2D eigenvalue weighted by Crippen LogP contribution is 2.29. The molecule has 0 fully saturated rings. The molecule has 144 valence electrons. The third kappa shape index (κ3) is 4.77.